The smallest absolute Gasteiger partial charge is 0.289 e. The Morgan fingerprint density at radius 1 is 1.07 bits per heavy atom. The predicted octanol–water partition coefficient (Wildman–Crippen LogP) is 1.62. The van der Waals surface area contributed by atoms with E-state index in [4.69, 9.17) is 9.15 Å². The van der Waals surface area contributed by atoms with Gasteiger partial charge in [-0.3, -0.25) is 14.4 Å². The molecule has 3 amide bonds. The first kappa shape index (κ1) is 20.0. The van der Waals surface area contributed by atoms with Gasteiger partial charge in [-0.2, -0.15) is 0 Å². The van der Waals surface area contributed by atoms with Crippen LogP contribution in [0.5, 0.6) is 5.75 Å². The molecule has 0 radical (unpaired) electrons. The van der Waals surface area contributed by atoms with Crippen molar-refractivity contribution in [3.63, 3.8) is 0 Å². The fraction of sp³-hybridized carbons (Fsp3) is 0.409. The molecule has 0 saturated carbocycles. The lowest BCUT2D eigenvalue weighted by Crippen LogP contribution is -2.52. The number of piperazine rings is 1. The van der Waals surface area contributed by atoms with Gasteiger partial charge >= 0.3 is 0 Å². The summed E-state index contributed by atoms with van der Waals surface area (Å²) < 4.78 is 10.3. The Kier molecular flexibility index (Phi) is 5.74. The summed E-state index contributed by atoms with van der Waals surface area (Å²) in [7, 11) is 1.61. The van der Waals surface area contributed by atoms with Crippen molar-refractivity contribution >= 4 is 17.7 Å². The Hall–Kier alpha value is -3.29. The number of nitrogens with zero attached hydrogens (tertiary/aromatic N) is 3. The minimum atomic E-state index is -0.330. The first-order valence-corrected chi connectivity index (χ1v) is 10.1. The molecule has 1 unspecified atom stereocenters. The Morgan fingerprint density at radius 2 is 1.77 bits per heavy atom. The average molecular weight is 411 g/mol. The zero-order valence-electron chi connectivity index (χ0n) is 17.0. The number of amides is 3. The van der Waals surface area contributed by atoms with Gasteiger partial charge in [-0.15, -0.1) is 0 Å². The fourth-order valence-electron chi connectivity index (χ4n) is 3.99. The van der Waals surface area contributed by atoms with E-state index in [1.807, 2.05) is 24.3 Å². The Morgan fingerprint density at radius 3 is 2.40 bits per heavy atom. The van der Waals surface area contributed by atoms with Crippen LogP contribution in [-0.4, -0.2) is 72.3 Å². The Bertz CT molecular complexity index is 901. The molecule has 2 saturated heterocycles. The third kappa shape index (κ3) is 4.17. The van der Waals surface area contributed by atoms with E-state index in [-0.39, 0.29) is 30.1 Å². The second-order valence-corrected chi connectivity index (χ2v) is 7.62. The number of benzene rings is 1. The van der Waals surface area contributed by atoms with Crippen LogP contribution >= 0.6 is 0 Å². The highest BCUT2D eigenvalue weighted by molar-refractivity contribution is 5.92. The predicted molar refractivity (Wildman–Crippen MR) is 108 cm³/mol. The van der Waals surface area contributed by atoms with E-state index in [1.165, 1.54) is 6.26 Å². The van der Waals surface area contributed by atoms with E-state index in [1.54, 1.807) is 33.9 Å². The molecule has 3 heterocycles. The average Bonchev–Trinajstić information content (AvgIpc) is 3.44. The first-order chi connectivity index (χ1) is 14.5. The van der Waals surface area contributed by atoms with Gasteiger partial charge in [0.05, 0.1) is 19.3 Å². The molecular formula is C22H25N3O5. The standard InChI is InChI=1S/C22H25N3O5/c1-29-18-6-4-16(5-7-18)14-25-15-17(13-20(25)26)21(27)23-8-10-24(11-9-23)22(28)19-3-2-12-30-19/h2-7,12,17H,8-11,13-15H2,1H3. The summed E-state index contributed by atoms with van der Waals surface area (Å²) in [6.45, 7) is 2.76. The molecule has 0 spiro atoms. The van der Waals surface area contributed by atoms with Gasteiger partial charge in [0.2, 0.25) is 11.8 Å². The highest BCUT2D eigenvalue weighted by Crippen LogP contribution is 2.24. The minimum Gasteiger partial charge on any atom is -0.497 e. The molecule has 0 bridgehead atoms. The number of rotatable bonds is 5. The number of likely N-dealkylation sites (tertiary alicyclic amines) is 1. The van der Waals surface area contributed by atoms with Crippen molar-refractivity contribution in [2.75, 3.05) is 39.8 Å². The second-order valence-electron chi connectivity index (χ2n) is 7.62. The number of methoxy groups -OCH3 is 1. The van der Waals surface area contributed by atoms with E-state index in [9.17, 15) is 14.4 Å². The van der Waals surface area contributed by atoms with Crippen molar-refractivity contribution in [1.82, 2.24) is 14.7 Å². The first-order valence-electron chi connectivity index (χ1n) is 10.1. The van der Waals surface area contributed by atoms with Gasteiger partial charge < -0.3 is 23.9 Å². The van der Waals surface area contributed by atoms with Crippen molar-refractivity contribution in [3.05, 3.63) is 54.0 Å². The maximum Gasteiger partial charge on any atom is 0.289 e. The van der Waals surface area contributed by atoms with Gasteiger partial charge in [-0.05, 0) is 29.8 Å². The number of hydrogen-bond donors (Lipinski definition) is 0. The summed E-state index contributed by atoms with van der Waals surface area (Å²) in [6, 6.07) is 10.9. The highest BCUT2D eigenvalue weighted by Gasteiger charge is 2.37. The molecule has 1 aromatic carbocycles. The monoisotopic (exact) mass is 411 g/mol. The zero-order valence-corrected chi connectivity index (χ0v) is 17.0. The second kappa shape index (κ2) is 8.61. The molecular weight excluding hydrogens is 386 g/mol. The fourth-order valence-corrected chi connectivity index (χ4v) is 3.99. The maximum atomic E-state index is 12.9. The zero-order chi connectivity index (χ0) is 21.1. The molecule has 1 aromatic heterocycles. The highest BCUT2D eigenvalue weighted by atomic mass is 16.5. The molecule has 8 heteroatoms. The number of furan rings is 1. The summed E-state index contributed by atoms with van der Waals surface area (Å²) in [5.41, 5.74) is 1.00. The van der Waals surface area contributed by atoms with Crippen LogP contribution in [0.25, 0.3) is 0 Å². The number of ether oxygens (including phenoxy) is 1. The Labute approximate surface area is 175 Å². The molecule has 30 heavy (non-hydrogen) atoms. The van der Waals surface area contributed by atoms with Crippen molar-refractivity contribution in [2.24, 2.45) is 5.92 Å². The van der Waals surface area contributed by atoms with Crippen LogP contribution in [0, 0.1) is 5.92 Å². The molecule has 0 aliphatic carbocycles. The molecule has 0 N–H and O–H groups in total. The SMILES string of the molecule is COc1ccc(CN2CC(C(=O)N3CCN(C(=O)c4ccco4)CC3)CC2=O)cc1. The van der Waals surface area contributed by atoms with E-state index >= 15 is 0 Å². The minimum absolute atomic E-state index is 0.00389. The summed E-state index contributed by atoms with van der Waals surface area (Å²) >= 11 is 0. The van der Waals surface area contributed by atoms with Crippen molar-refractivity contribution in [3.8, 4) is 5.75 Å². The number of carbonyl (C=O) groups excluding carboxylic acids is 3. The van der Waals surface area contributed by atoms with Crippen molar-refractivity contribution < 1.29 is 23.5 Å². The largest absolute Gasteiger partial charge is 0.497 e. The molecule has 8 nitrogen and oxygen atoms in total. The summed E-state index contributed by atoms with van der Waals surface area (Å²) in [4.78, 5) is 42.9. The van der Waals surface area contributed by atoms with Crippen LogP contribution < -0.4 is 4.74 Å². The van der Waals surface area contributed by atoms with Crippen LogP contribution in [0.15, 0.2) is 47.1 Å². The number of carbonyl (C=O) groups is 3. The molecule has 2 aliphatic heterocycles. The van der Waals surface area contributed by atoms with E-state index < -0.39 is 0 Å². The number of hydrogen-bond acceptors (Lipinski definition) is 5. The molecule has 4 rings (SSSR count). The lowest BCUT2D eigenvalue weighted by atomic mass is 10.1. The van der Waals surface area contributed by atoms with Crippen molar-refractivity contribution in [1.29, 1.82) is 0 Å². The van der Waals surface area contributed by atoms with Gasteiger partial charge in [-0.25, -0.2) is 0 Å². The van der Waals surface area contributed by atoms with Gasteiger partial charge in [0.1, 0.15) is 5.75 Å². The third-order valence-electron chi connectivity index (χ3n) is 5.71. The van der Waals surface area contributed by atoms with Gasteiger partial charge in [0, 0.05) is 45.7 Å². The quantitative estimate of drug-likeness (QED) is 0.747. The Balaban J connectivity index is 1.30. The van der Waals surface area contributed by atoms with Gasteiger partial charge in [-0.1, -0.05) is 12.1 Å². The van der Waals surface area contributed by atoms with E-state index in [0.29, 0.717) is 45.0 Å². The summed E-state index contributed by atoms with van der Waals surface area (Å²) in [5, 5.41) is 0. The molecule has 2 fully saturated rings. The molecule has 2 aliphatic rings. The topological polar surface area (TPSA) is 83.3 Å². The van der Waals surface area contributed by atoms with Crippen LogP contribution in [0.4, 0.5) is 0 Å². The molecule has 1 atom stereocenters. The van der Waals surface area contributed by atoms with Crippen LogP contribution in [-0.2, 0) is 16.1 Å². The molecule has 158 valence electrons. The van der Waals surface area contributed by atoms with Crippen LogP contribution in [0.2, 0.25) is 0 Å². The van der Waals surface area contributed by atoms with Gasteiger partial charge in [0.15, 0.2) is 5.76 Å². The summed E-state index contributed by atoms with van der Waals surface area (Å²) in [5.74, 6) is 0.577. The van der Waals surface area contributed by atoms with E-state index in [2.05, 4.69) is 0 Å². The lowest BCUT2D eigenvalue weighted by molar-refractivity contribution is -0.137. The van der Waals surface area contributed by atoms with Crippen LogP contribution in [0.1, 0.15) is 22.5 Å². The molecule has 2 aromatic rings. The van der Waals surface area contributed by atoms with Gasteiger partial charge in [0.25, 0.3) is 5.91 Å². The van der Waals surface area contributed by atoms with E-state index in [0.717, 1.165) is 11.3 Å². The maximum absolute atomic E-state index is 12.9. The van der Waals surface area contributed by atoms with Crippen LogP contribution in [0.3, 0.4) is 0 Å². The normalized spacial score (nSPS) is 19.3. The lowest BCUT2D eigenvalue weighted by Gasteiger charge is -2.35. The summed E-state index contributed by atoms with van der Waals surface area (Å²) in [6.07, 6.45) is 1.71. The van der Waals surface area contributed by atoms with Crippen molar-refractivity contribution in [2.45, 2.75) is 13.0 Å². The third-order valence-corrected chi connectivity index (χ3v) is 5.71.